The summed E-state index contributed by atoms with van der Waals surface area (Å²) in [7, 11) is 0. The number of aromatic nitrogens is 1. The molecule has 3 rings (SSSR count). The first-order chi connectivity index (χ1) is 8.74. The lowest BCUT2D eigenvalue weighted by Gasteiger charge is -2.35. The van der Waals surface area contributed by atoms with Gasteiger partial charge >= 0.3 is 0 Å². The van der Waals surface area contributed by atoms with Crippen molar-refractivity contribution in [1.29, 1.82) is 0 Å². The molecule has 3 heteroatoms. The molecule has 0 N–H and O–H groups in total. The van der Waals surface area contributed by atoms with Gasteiger partial charge in [-0.2, -0.15) is 0 Å². The third-order valence-electron chi connectivity index (χ3n) is 3.71. The molecule has 0 saturated carbocycles. The van der Waals surface area contributed by atoms with Gasteiger partial charge in [-0.15, -0.1) is 11.6 Å². The summed E-state index contributed by atoms with van der Waals surface area (Å²) in [6, 6.07) is 12.5. The van der Waals surface area contributed by atoms with Crippen LogP contribution in [0, 0.1) is 5.92 Å². The molecule has 1 aliphatic heterocycles. The van der Waals surface area contributed by atoms with Crippen LogP contribution in [-0.2, 0) is 0 Å². The van der Waals surface area contributed by atoms with E-state index in [0.29, 0.717) is 11.3 Å². The molecule has 18 heavy (non-hydrogen) atoms. The van der Waals surface area contributed by atoms with Crippen LogP contribution in [0.1, 0.15) is 13.3 Å². The molecule has 1 aromatic carbocycles. The minimum absolute atomic E-state index is 0.307. The first-order valence-electron chi connectivity index (χ1n) is 6.49. The van der Waals surface area contributed by atoms with Crippen molar-refractivity contribution in [2.45, 2.75) is 18.7 Å². The van der Waals surface area contributed by atoms with Crippen LogP contribution in [0.25, 0.3) is 10.9 Å². The number of anilines is 1. The Balaban J connectivity index is 1.90. The Morgan fingerprint density at radius 1 is 1.22 bits per heavy atom. The summed E-state index contributed by atoms with van der Waals surface area (Å²) in [5.74, 6) is 1.60. The molecule has 2 nitrogen and oxygen atoms in total. The molecule has 2 unspecified atom stereocenters. The number of hydrogen-bond acceptors (Lipinski definition) is 2. The minimum atomic E-state index is 0.307. The van der Waals surface area contributed by atoms with Gasteiger partial charge in [0, 0.05) is 23.9 Å². The standard InChI is InChI=1S/C15H17ClN2/c1-11-10-18(9-8-13(11)16)15-7-6-12-4-2-3-5-14(12)17-15/h2-7,11,13H,8-10H2,1H3. The second kappa shape index (κ2) is 4.77. The molecule has 2 aromatic rings. The summed E-state index contributed by atoms with van der Waals surface area (Å²) in [5.41, 5.74) is 1.07. The molecular weight excluding hydrogens is 244 g/mol. The molecule has 1 aromatic heterocycles. The Labute approximate surface area is 113 Å². The Morgan fingerprint density at radius 2 is 2.06 bits per heavy atom. The zero-order chi connectivity index (χ0) is 12.5. The van der Waals surface area contributed by atoms with Crippen molar-refractivity contribution >= 4 is 28.3 Å². The SMILES string of the molecule is CC1CN(c2ccc3ccccc3n2)CCC1Cl. The highest BCUT2D eigenvalue weighted by Gasteiger charge is 2.24. The second-order valence-corrected chi connectivity index (χ2v) is 5.65. The molecule has 1 aliphatic rings. The molecule has 0 spiro atoms. The Bertz CT molecular complexity index is 555. The van der Waals surface area contributed by atoms with Crippen molar-refractivity contribution in [2.75, 3.05) is 18.0 Å². The predicted octanol–water partition coefficient (Wildman–Crippen LogP) is 3.69. The maximum Gasteiger partial charge on any atom is 0.129 e. The third-order valence-corrected chi connectivity index (χ3v) is 4.36. The summed E-state index contributed by atoms with van der Waals surface area (Å²) >= 11 is 6.27. The normalized spacial score (nSPS) is 24.4. The minimum Gasteiger partial charge on any atom is -0.356 e. The van der Waals surface area contributed by atoms with Gasteiger partial charge in [0.1, 0.15) is 5.82 Å². The first-order valence-corrected chi connectivity index (χ1v) is 6.92. The highest BCUT2D eigenvalue weighted by molar-refractivity contribution is 6.20. The van der Waals surface area contributed by atoms with Crippen LogP contribution in [0.5, 0.6) is 0 Å². The number of nitrogens with zero attached hydrogens (tertiary/aromatic N) is 2. The number of piperidine rings is 1. The van der Waals surface area contributed by atoms with E-state index in [4.69, 9.17) is 16.6 Å². The maximum absolute atomic E-state index is 6.27. The smallest absolute Gasteiger partial charge is 0.129 e. The fourth-order valence-electron chi connectivity index (χ4n) is 2.56. The van der Waals surface area contributed by atoms with Gasteiger partial charge in [-0.3, -0.25) is 0 Å². The molecule has 0 bridgehead atoms. The molecule has 0 aliphatic carbocycles. The van der Waals surface area contributed by atoms with E-state index < -0.39 is 0 Å². The van der Waals surface area contributed by atoms with Crippen molar-refractivity contribution in [1.82, 2.24) is 4.98 Å². The van der Waals surface area contributed by atoms with E-state index in [2.05, 4.69) is 36.1 Å². The predicted molar refractivity (Wildman–Crippen MR) is 77.4 cm³/mol. The first kappa shape index (κ1) is 11.8. The molecule has 1 fully saturated rings. The summed E-state index contributed by atoms with van der Waals surface area (Å²) in [5, 5.41) is 1.50. The number of fused-ring (bicyclic) bond motifs is 1. The van der Waals surface area contributed by atoms with Gasteiger partial charge in [-0.05, 0) is 30.5 Å². The fourth-order valence-corrected chi connectivity index (χ4v) is 2.73. The molecule has 94 valence electrons. The Morgan fingerprint density at radius 3 is 2.89 bits per heavy atom. The van der Waals surface area contributed by atoms with Crippen LogP contribution in [-0.4, -0.2) is 23.5 Å². The molecule has 0 radical (unpaired) electrons. The lowest BCUT2D eigenvalue weighted by molar-refractivity contribution is 0.452. The molecular formula is C15H17ClN2. The van der Waals surface area contributed by atoms with Crippen LogP contribution in [0.15, 0.2) is 36.4 Å². The van der Waals surface area contributed by atoms with Gasteiger partial charge in [-0.25, -0.2) is 4.98 Å². The van der Waals surface area contributed by atoms with E-state index in [9.17, 15) is 0 Å². The van der Waals surface area contributed by atoms with Crippen LogP contribution in [0.3, 0.4) is 0 Å². The van der Waals surface area contributed by atoms with Gasteiger partial charge < -0.3 is 4.90 Å². The Kier molecular flexibility index (Phi) is 3.13. The van der Waals surface area contributed by atoms with Gasteiger partial charge in [-0.1, -0.05) is 25.1 Å². The van der Waals surface area contributed by atoms with Crippen molar-refractivity contribution < 1.29 is 0 Å². The van der Waals surface area contributed by atoms with E-state index in [1.54, 1.807) is 0 Å². The maximum atomic E-state index is 6.27. The number of alkyl halides is 1. The zero-order valence-electron chi connectivity index (χ0n) is 10.5. The molecule has 1 saturated heterocycles. The van der Waals surface area contributed by atoms with E-state index in [1.165, 1.54) is 5.39 Å². The van der Waals surface area contributed by atoms with E-state index in [-0.39, 0.29) is 0 Å². The van der Waals surface area contributed by atoms with Crippen molar-refractivity contribution in [2.24, 2.45) is 5.92 Å². The summed E-state index contributed by atoms with van der Waals surface area (Å²) in [6.07, 6.45) is 1.04. The number of benzene rings is 1. The van der Waals surface area contributed by atoms with E-state index in [0.717, 1.165) is 30.8 Å². The Hall–Kier alpha value is -1.28. The fraction of sp³-hybridized carbons (Fsp3) is 0.400. The average Bonchev–Trinajstić information content (AvgIpc) is 2.41. The summed E-state index contributed by atoms with van der Waals surface area (Å²) in [6.45, 7) is 4.22. The zero-order valence-corrected chi connectivity index (χ0v) is 11.3. The van der Waals surface area contributed by atoms with Crippen LogP contribution in [0.2, 0.25) is 0 Å². The third kappa shape index (κ3) is 2.17. The number of halogens is 1. The molecule has 2 atom stereocenters. The van der Waals surface area contributed by atoms with Gasteiger partial charge in [0.15, 0.2) is 0 Å². The van der Waals surface area contributed by atoms with Gasteiger partial charge in [0.05, 0.1) is 5.52 Å². The molecule has 0 amide bonds. The van der Waals surface area contributed by atoms with Crippen molar-refractivity contribution in [3.05, 3.63) is 36.4 Å². The summed E-state index contributed by atoms with van der Waals surface area (Å²) in [4.78, 5) is 7.08. The van der Waals surface area contributed by atoms with E-state index >= 15 is 0 Å². The van der Waals surface area contributed by atoms with Crippen molar-refractivity contribution in [3.8, 4) is 0 Å². The van der Waals surface area contributed by atoms with Crippen LogP contribution >= 0.6 is 11.6 Å². The highest BCUT2D eigenvalue weighted by atomic mass is 35.5. The summed E-state index contributed by atoms with van der Waals surface area (Å²) < 4.78 is 0. The quantitative estimate of drug-likeness (QED) is 0.727. The monoisotopic (exact) mass is 260 g/mol. The number of para-hydroxylation sites is 1. The number of pyridine rings is 1. The number of hydrogen-bond donors (Lipinski definition) is 0. The number of rotatable bonds is 1. The average molecular weight is 261 g/mol. The topological polar surface area (TPSA) is 16.1 Å². The van der Waals surface area contributed by atoms with Crippen LogP contribution < -0.4 is 4.90 Å². The lowest BCUT2D eigenvalue weighted by atomic mass is 9.99. The van der Waals surface area contributed by atoms with Gasteiger partial charge in [0.25, 0.3) is 0 Å². The molecule has 2 heterocycles. The lowest BCUT2D eigenvalue weighted by Crippen LogP contribution is -2.40. The second-order valence-electron chi connectivity index (χ2n) is 5.09. The van der Waals surface area contributed by atoms with Gasteiger partial charge in [0.2, 0.25) is 0 Å². The van der Waals surface area contributed by atoms with Crippen molar-refractivity contribution in [3.63, 3.8) is 0 Å². The van der Waals surface area contributed by atoms with E-state index in [1.807, 2.05) is 12.1 Å². The highest BCUT2D eigenvalue weighted by Crippen LogP contribution is 2.26. The van der Waals surface area contributed by atoms with Crippen LogP contribution in [0.4, 0.5) is 5.82 Å². The largest absolute Gasteiger partial charge is 0.356 e.